The zero-order chi connectivity index (χ0) is 13.9. The average molecular weight is 276 g/mol. The van der Waals surface area contributed by atoms with E-state index in [2.05, 4.69) is 28.9 Å². The van der Waals surface area contributed by atoms with Gasteiger partial charge in [0.05, 0.1) is 0 Å². The third kappa shape index (κ3) is 2.65. The van der Waals surface area contributed by atoms with Gasteiger partial charge in [0, 0.05) is 24.5 Å². The minimum absolute atomic E-state index is 0.261. The Morgan fingerprint density at radius 3 is 2.65 bits per heavy atom. The smallest absolute Gasteiger partial charge is 0.226 e. The van der Waals surface area contributed by atoms with Crippen LogP contribution in [-0.4, -0.2) is 47.4 Å². The van der Waals surface area contributed by atoms with Crippen molar-refractivity contribution in [2.24, 2.45) is 5.92 Å². The topological polar surface area (TPSA) is 23.6 Å². The van der Waals surface area contributed by atoms with Crippen LogP contribution in [0.5, 0.6) is 0 Å². The maximum absolute atomic E-state index is 12.8. The Bertz CT molecular complexity index is 379. The van der Waals surface area contributed by atoms with E-state index in [1.165, 1.54) is 32.2 Å². The monoisotopic (exact) mass is 276 g/mol. The van der Waals surface area contributed by atoms with E-state index < -0.39 is 0 Å². The fraction of sp³-hybridized carbons (Fsp3) is 0.824. The van der Waals surface area contributed by atoms with Gasteiger partial charge >= 0.3 is 0 Å². The molecule has 2 heterocycles. The van der Waals surface area contributed by atoms with E-state index in [9.17, 15) is 4.79 Å². The summed E-state index contributed by atoms with van der Waals surface area (Å²) < 4.78 is 0. The summed E-state index contributed by atoms with van der Waals surface area (Å²) in [5, 5.41) is 0. The average Bonchev–Trinajstić information content (AvgIpc) is 3.15. The van der Waals surface area contributed by atoms with Gasteiger partial charge in [0.2, 0.25) is 5.91 Å². The van der Waals surface area contributed by atoms with E-state index in [1.807, 2.05) is 0 Å². The number of hydrogen-bond acceptors (Lipinski definition) is 2. The zero-order valence-electron chi connectivity index (χ0n) is 12.8. The summed E-state index contributed by atoms with van der Waals surface area (Å²) >= 11 is 0. The molecule has 2 saturated heterocycles. The van der Waals surface area contributed by atoms with Crippen LogP contribution in [0.3, 0.4) is 0 Å². The zero-order valence-corrected chi connectivity index (χ0v) is 12.8. The molecule has 2 aliphatic heterocycles. The fourth-order valence-corrected chi connectivity index (χ4v) is 4.40. The molecule has 20 heavy (non-hydrogen) atoms. The number of likely N-dealkylation sites (N-methyl/N-ethyl adjacent to an activating group) is 1. The largest absolute Gasteiger partial charge is 0.338 e. The molecule has 1 aliphatic carbocycles. The van der Waals surface area contributed by atoms with E-state index in [0.717, 1.165) is 32.4 Å². The van der Waals surface area contributed by atoms with E-state index in [4.69, 9.17) is 0 Å². The predicted octanol–water partition coefficient (Wildman–Crippen LogP) is 2.82. The minimum Gasteiger partial charge on any atom is -0.338 e. The molecule has 3 heteroatoms. The van der Waals surface area contributed by atoms with Crippen LogP contribution in [0.2, 0.25) is 0 Å². The Morgan fingerprint density at radius 1 is 1.10 bits per heavy atom. The normalized spacial score (nSPS) is 34.9. The van der Waals surface area contributed by atoms with Gasteiger partial charge in [-0.2, -0.15) is 0 Å². The molecule has 2 fully saturated rings. The Hall–Kier alpha value is -0.830. The van der Waals surface area contributed by atoms with E-state index >= 15 is 0 Å². The van der Waals surface area contributed by atoms with E-state index in [-0.39, 0.29) is 5.92 Å². The van der Waals surface area contributed by atoms with Crippen molar-refractivity contribution in [3.05, 3.63) is 12.2 Å². The molecule has 0 bridgehead atoms. The lowest BCUT2D eigenvalue weighted by molar-refractivity contribution is -0.137. The predicted molar refractivity (Wildman–Crippen MR) is 81.5 cm³/mol. The van der Waals surface area contributed by atoms with Crippen molar-refractivity contribution in [2.45, 2.75) is 64.0 Å². The highest BCUT2D eigenvalue weighted by molar-refractivity contribution is 5.80. The first-order valence-electron chi connectivity index (χ1n) is 8.50. The summed E-state index contributed by atoms with van der Waals surface area (Å²) in [6.07, 6.45) is 12.5. The van der Waals surface area contributed by atoms with Gasteiger partial charge in [-0.3, -0.25) is 9.69 Å². The first-order chi connectivity index (χ1) is 9.81. The van der Waals surface area contributed by atoms with Crippen molar-refractivity contribution >= 4 is 5.91 Å². The Kier molecular flexibility index (Phi) is 4.45. The van der Waals surface area contributed by atoms with Gasteiger partial charge in [0.25, 0.3) is 0 Å². The molecule has 3 atom stereocenters. The molecular weight excluding hydrogens is 248 g/mol. The van der Waals surface area contributed by atoms with Crippen LogP contribution in [-0.2, 0) is 4.79 Å². The van der Waals surface area contributed by atoms with Gasteiger partial charge in [0.1, 0.15) is 0 Å². The first-order valence-corrected chi connectivity index (χ1v) is 8.50. The van der Waals surface area contributed by atoms with Crippen LogP contribution in [0.1, 0.15) is 51.9 Å². The number of rotatable bonds is 3. The third-order valence-corrected chi connectivity index (χ3v) is 5.47. The van der Waals surface area contributed by atoms with Gasteiger partial charge in [-0.25, -0.2) is 0 Å². The summed E-state index contributed by atoms with van der Waals surface area (Å²) in [5.74, 6) is 0.705. The van der Waals surface area contributed by atoms with Crippen LogP contribution in [0.4, 0.5) is 0 Å². The molecule has 0 unspecified atom stereocenters. The van der Waals surface area contributed by atoms with Crippen molar-refractivity contribution < 1.29 is 4.79 Å². The summed E-state index contributed by atoms with van der Waals surface area (Å²) in [6.45, 7) is 5.62. The molecule has 112 valence electrons. The van der Waals surface area contributed by atoms with Gasteiger partial charge in [-0.1, -0.05) is 19.1 Å². The van der Waals surface area contributed by atoms with Crippen LogP contribution < -0.4 is 0 Å². The van der Waals surface area contributed by atoms with Gasteiger partial charge in [0.15, 0.2) is 0 Å². The molecule has 0 aromatic heterocycles. The number of amides is 1. The SMILES string of the molecule is CCN1CCC[C@@H]1[C@H]1CCCN1C(=O)[C@H]1CC=CCC1. The molecule has 0 aromatic carbocycles. The number of carbonyl (C=O) groups excluding carboxylic acids is 1. The second-order valence-electron chi connectivity index (χ2n) is 6.56. The molecule has 0 saturated carbocycles. The van der Waals surface area contributed by atoms with Crippen molar-refractivity contribution in [1.82, 2.24) is 9.80 Å². The van der Waals surface area contributed by atoms with Gasteiger partial charge < -0.3 is 4.90 Å². The van der Waals surface area contributed by atoms with Gasteiger partial charge in [-0.15, -0.1) is 0 Å². The summed E-state index contributed by atoms with van der Waals surface area (Å²) in [7, 11) is 0. The molecule has 0 aromatic rings. The summed E-state index contributed by atoms with van der Waals surface area (Å²) in [4.78, 5) is 17.7. The lowest BCUT2D eigenvalue weighted by Gasteiger charge is -2.36. The highest BCUT2D eigenvalue weighted by Crippen LogP contribution is 2.32. The fourth-order valence-electron chi connectivity index (χ4n) is 4.40. The molecule has 0 spiro atoms. The molecule has 3 rings (SSSR count). The Balaban J connectivity index is 1.68. The second-order valence-corrected chi connectivity index (χ2v) is 6.56. The third-order valence-electron chi connectivity index (χ3n) is 5.47. The number of allylic oxidation sites excluding steroid dienone is 2. The number of likely N-dealkylation sites (tertiary alicyclic amines) is 2. The Morgan fingerprint density at radius 2 is 1.90 bits per heavy atom. The van der Waals surface area contributed by atoms with Crippen molar-refractivity contribution in [2.75, 3.05) is 19.6 Å². The molecular formula is C17H28N2O. The maximum Gasteiger partial charge on any atom is 0.226 e. The first kappa shape index (κ1) is 14.1. The molecule has 3 nitrogen and oxygen atoms in total. The van der Waals surface area contributed by atoms with Crippen molar-refractivity contribution in [1.29, 1.82) is 0 Å². The highest BCUT2D eigenvalue weighted by atomic mass is 16.2. The summed E-state index contributed by atoms with van der Waals surface area (Å²) in [6, 6.07) is 1.13. The molecule has 0 radical (unpaired) electrons. The van der Waals surface area contributed by atoms with Crippen LogP contribution >= 0.6 is 0 Å². The summed E-state index contributed by atoms with van der Waals surface area (Å²) in [5.41, 5.74) is 0. The molecule has 0 N–H and O–H groups in total. The van der Waals surface area contributed by atoms with Crippen molar-refractivity contribution in [3.8, 4) is 0 Å². The van der Waals surface area contributed by atoms with Crippen LogP contribution in [0.15, 0.2) is 12.2 Å². The highest BCUT2D eigenvalue weighted by Gasteiger charge is 2.40. The van der Waals surface area contributed by atoms with Crippen LogP contribution in [0.25, 0.3) is 0 Å². The van der Waals surface area contributed by atoms with E-state index in [0.29, 0.717) is 18.0 Å². The maximum atomic E-state index is 12.8. The molecule has 1 amide bonds. The lowest BCUT2D eigenvalue weighted by Crippen LogP contribution is -2.49. The number of hydrogen-bond donors (Lipinski definition) is 0. The van der Waals surface area contributed by atoms with Crippen molar-refractivity contribution in [3.63, 3.8) is 0 Å². The van der Waals surface area contributed by atoms with E-state index in [1.54, 1.807) is 0 Å². The Labute approximate surface area is 123 Å². The van der Waals surface area contributed by atoms with Crippen LogP contribution in [0, 0.1) is 5.92 Å². The van der Waals surface area contributed by atoms with Gasteiger partial charge in [-0.05, 0) is 58.0 Å². The second kappa shape index (κ2) is 6.30. The molecule has 3 aliphatic rings. The number of carbonyl (C=O) groups is 1. The quantitative estimate of drug-likeness (QED) is 0.740. The minimum atomic E-state index is 0.261. The number of nitrogens with zero attached hydrogens (tertiary/aromatic N) is 2. The standard InChI is InChI=1S/C17H28N2O/c1-2-18-12-6-10-15(18)16-11-7-13-19(16)17(20)14-8-4-3-5-9-14/h3-4,14-16H,2,5-13H2,1H3/t14-,15+,16+/m0/s1. The lowest BCUT2D eigenvalue weighted by atomic mass is 9.92.